The Bertz CT molecular complexity index is 918. The average Bonchev–Trinajstić information content (AvgIpc) is 3.06. The molecule has 1 atom stereocenters. The minimum Gasteiger partial charge on any atom is -0.333 e. The topological polar surface area (TPSA) is 72.3 Å². The Hall–Kier alpha value is -2.15. The fourth-order valence-corrected chi connectivity index (χ4v) is 5.54. The normalized spacial score (nSPS) is 22.8. The van der Waals surface area contributed by atoms with Gasteiger partial charge in [0.15, 0.2) is 9.84 Å². The molecule has 1 unspecified atom stereocenters. The van der Waals surface area contributed by atoms with Gasteiger partial charge >= 0.3 is 0 Å². The lowest BCUT2D eigenvalue weighted by Gasteiger charge is -2.43. The van der Waals surface area contributed by atoms with Crippen LogP contribution in [-0.4, -0.2) is 53.1 Å². The van der Waals surface area contributed by atoms with Crippen LogP contribution < -0.4 is 0 Å². The molecule has 1 amide bonds. The van der Waals surface area contributed by atoms with E-state index in [0.29, 0.717) is 18.0 Å². The lowest BCUT2D eigenvalue weighted by molar-refractivity contribution is 0.0563. The van der Waals surface area contributed by atoms with Crippen LogP contribution >= 0.6 is 0 Å². The molecule has 0 bridgehead atoms. The summed E-state index contributed by atoms with van der Waals surface area (Å²) in [5, 5.41) is 4.24. The molecule has 0 spiro atoms. The molecule has 2 heterocycles. The second-order valence-electron chi connectivity index (χ2n) is 7.32. The summed E-state index contributed by atoms with van der Waals surface area (Å²) in [5.41, 5.74) is 2.51. The number of hydrogen-bond donors (Lipinski definition) is 0. The number of hydrogen-bond acceptors (Lipinski definition) is 4. The van der Waals surface area contributed by atoms with Crippen LogP contribution in [0, 0.1) is 12.8 Å². The second-order valence-corrected chi connectivity index (χ2v) is 9.55. The van der Waals surface area contributed by atoms with Crippen molar-refractivity contribution in [3.63, 3.8) is 0 Å². The van der Waals surface area contributed by atoms with Crippen LogP contribution in [0.2, 0.25) is 0 Å². The van der Waals surface area contributed by atoms with E-state index in [4.69, 9.17) is 0 Å². The molecule has 0 radical (unpaired) electrons. The minimum absolute atomic E-state index is 0.0618. The summed E-state index contributed by atoms with van der Waals surface area (Å²) in [6.07, 6.45) is 6.74. The van der Waals surface area contributed by atoms with Crippen molar-refractivity contribution in [1.29, 1.82) is 0 Å². The van der Waals surface area contributed by atoms with Gasteiger partial charge in [-0.25, -0.2) is 13.1 Å². The van der Waals surface area contributed by atoms with Crippen molar-refractivity contribution in [3.05, 3.63) is 47.8 Å². The molecule has 2 aliphatic rings. The van der Waals surface area contributed by atoms with Crippen molar-refractivity contribution in [1.82, 2.24) is 14.7 Å². The lowest BCUT2D eigenvalue weighted by atomic mass is 9.79. The minimum atomic E-state index is -3.05. The van der Waals surface area contributed by atoms with Crippen molar-refractivity contribution in [2.24, 2.45) is 5.92 Å². The number of sulfone groups is 1. The smallest absolute Gasteiger partial charge is 0.254 e. The highest BCUT2D eigenvalue weighted by atomic mass is 32.2. The molecule has 7 heteroatoms. The average molecular weight is 373 g/mol. The number of aryl methyl sites for hydroxylation is 1. The van der Waals surface area contributed by atoms with Gasteiger partial charge in [0.2, 0.25) is 0 Å². The van der Waals surface area contributed by atoms with E-state index in [-0.39, 0.29) is 23.5 Å². The SMILES string of the molecule is Cc1cc(C(=O)N2CCS(=O)(=O)CC2C2CCC2)ccc1-n1cccn1. The highest BCUT2D eigenvalue weighted by Gasteiger charge is 2.40. The van der Waals surface area contributed by atoms with Crippen LogP contribution in [0.5, 0.6) is 0 Å². The summed E-state index contributed by atoms with van der Waals surface area (Å²) in [7, 11) is -3.05. The number of amides is 1. The van der Waals surface area contributed by atoms with Crippen molar-refractivity contribution < 1.29 is 13.2 Å². The highest BCUT2D eigenvalue weighted by Crippen LogP contribution is 2.35. The Balaban J connectivity index is 1.61. The van der Waals surface area contributed by atoms with Crippen molar-refractivity contribution in [2.45, 2.75) is 32.2 Å². The third-order valence-electron chi connectivity index (χ3n) is 5.62. The summed E-state index contributed by atoms with van der Waals surface area (Å²) in [4.78, 5) is 14.9. The van der Waals surface area contributed by atoms with Crippen molar-refractivity contribution in [2.75, 3.05) is 18.1 Å². The standard InChI is InChI=1S/C19H23N3O3S/c1-14-12-16(6-7-17(14)22-9-3-8-20-22)19(23)21-10-11-26(24,25)13-18(21)15-4-2-5-15/h3,6-9,12,15,18H,2,4-5,10-11,13H2,1H3. The van der Waals surface area contributed by atoms with Crippen LogP contribution in [0.3, 0.4) is 0 Å². The van der Waals surface area contributed by atoms with Crippen LogP contribution in [-0.2, 0) is 9.84 Å². The van der Waals surface area contributed by atoms with Crippen LogP contribution in [0.1, 0.15) is 35.2 Å². The number of rotatable bonds is 3. The first kappa shape index (κ1) is 17.3. The molecule has 1 aromatic carbocycles. The molecule has 2 fully saturated rings. The van der Waals surface area contributed by atoms with Crippen molar-refractivity contribution in [3.8, 4) is 5.69 Å². The Morgan fingerprint density at radius 1 is 1.27 bits per heavy atom. The van der Waals surface area contributed by atoms with Gasteiger partial charge in [0.25, 0.3) is 5.91 Å². The molecule has 26 heavy (non-hydrogen) atoms. The van der Waals surface area contributed by atoms with E-state index in [9.17, 15) is 13.2 Å². The predicted molar refractivity (Wildman–Crippen MR) is 99.1 cm³/mol. The monoisotopic (exact) mass is 373 g/mol. The summed E-state index contributed by atoms with van der Waals surface area (Å²) >= 11 is 0. The third kappa shape index (κ3) is 3.16. The van der Waals surface area contributed by atoms with Crippen LogP contribution in [0.15, 0.2) is 36.7 Å². The van der Waals surface area contributed by atoms with Gasteiger partial charge in [-0.3, -0.25) is 4.79 Å². The molecule has 1 aliphatic carbocycles. The molecule has 1 aliphatic heterocycles. The van der Waals surface area contributed by atoms with E-state index in [2.05, 4.69) is 5.10 Å². The maximum Gasteiger partial charge on any atom is 0.254 e. The Morgan fingerprint density at radius 2 is 2.08 bits per heavy atom. The van der Waals surface area contributed by atoms with Crippen LogP contribution in [0.4, 0.5) is 0 Å². The first-order chi connectivity index (χ1) is 12.4. The van der Waals surface area contributed by atoms with Gasteiger partial charge in [-0.15, -0.1) is 0 Å². The maximum atomic E-state index is 13.1. The highest BCUT2D eigenvalue weighted by molar-refractivity contribution is 7.91. The first-order valence-corrected chi connectivity index (χ1v) is 10.9. The number of carbonyl (C=O) groups excluding carboxylic acids is 1. The fraction of sp³-hybridized carbons (Fsp3) is 0.474. The van der Waals surface area contributed by atoms with E-state index in [0.717, 1.165) is 30.5 Å². The molecule has 6 nitrogen and oxygen atoms in total. The van der Waals surface area contributed by atoms with Gasteiger partial charge in [0.05, 0.1) is 17.2 Å². The zero-order valence-corrected chi connectivity index (χ0v) is 15.7. The van der Waals surface area contributed by atoms with E-state index < -0.39 is 9.84 Å². The molecule has 0 N–H and O–H groups in total. The molecular weight excluding hydrogens is 350 g/mol. The summed E-state index contributed by atoms with van der Waals surface area (Å²) in [6.45, 7) is 2.25. The molecule has 1 saturated carbocycles. The molecule has 1 aromatic heterocycles. The van der Waals surface area contributed by atoms with E-state index in [1.165, 1.54) is 0 Å². The zero-order valence-electron chi connectivity index (χ0n) is 14.8. The van der Waals surface area contributed by atoms with Gasteiger partial charge in [0, 0.05) is 30.5 Å². The first-order valence-electron chi connectivity index (χ1n) is 9.07. The van der Waals surface area contributed by atoms with Gasteiger partial charge in [-0.2, -0.15) is 5.10 Å². The quantitative estimate of drug-likeness (QED) is 0.827. The van der Waals surface area contributed by atoms with E-state index in [1.54, 1.807) is 15.8 Å². The fourth-order valence-electron chi connectivity index (χ4n) is 3.93. The number of aromatic nitrogens is 2. The van der Waals surface area contributed by atoms with Gasteiger partial charge in [-0.05, 0) is 55.5 Å². The number of benzene rings is 1. The largest absolute Gasteiger partial charge is 0.333 e. The zero-order chi connectivity index (χ0) is 18.3. The number of nitrogens with zero attached hydrogens (tertiary/aromatic N) is 3. The maximum absolute atomic E-state index is 13.1. The summed E-state index contributed by atoms with van der Waals surface area (Å²) in [5.74, 6) is 0.422. The Labute approximate surface area is 153 Å². The van der Waals surface area contributed by atoms with Gasteiger partial charge < -0.3 is 4.90 Å². The lowest BCUT2D eigenvalue weighted by Crippen LogP contribution is -2.55. The Morgan fingerprint density at radius 3 is 2.69 bits per heavy atom. The van der Waals surface area contributed by atoms with Crippen LogP contribution in [0.25, 0.3) is 5.69 Å². The van der Waals surface area contributed by atoms with Crippen molar-refractivity contribution >= 4 is 15.7 Å². The molecular formula is C19H23N3O3S. The molecule has 138 valence electrons. The summed E-state index contributed by atoms with van der Waals surface area (Å²) < 4.78 is 26.0. The molecule has 2 aromatic rings. The van der Waals surface area contributed by atoms with Gasteiger partial charge in [-0.1, -0.05) is 6.42 Å². The van der Waals surface area contributed by atoms with E-state index in [1.807, 2.05) is 37.4 Å². The third-order valence-corrected chi connectivity index (χ3v) is 7.27. The van der Waals surface area contributed by atoms with E-state index >= 15 is 0 Å². The number of carbonyl (C=O) groups is 1. The predicted octanol–water partition coefficient (Wildman–Crippen LogP) is 2.22. The Kier molecular flexibility index (Phi) is 4.34. The molecule has 1 saturated heterocycles. The van der Waals surface area contributed by atoms with Gasteiger partial charge in [0.1, 0.15) is 0 Å². The summed E-state index contributed by atoms with van der Waals surface area (Å²) in [6, 6.07) is 7.26. The second kappa shape index (κ2) is 6.54. The molecule has 4 rings (SSSR count).